The van der Waals surface area contributed by atoms with Gasteiger partial charge in [-0.05, 0) is 19.3 Å². The maximum atomic E-state index is 12.0. The van der Waals surface area contributed by atoms with E-state index in [1.807, 2.05) is 6.92 Å². The number of ether oxygens (including phenoxy) is 1. The number of hydrogen-bond acceptors (Lipinski definition) is 4. The van der Waals surface area contributed by atoms with Crippen molar-refractivity contribution >= 4 is 5.91 Å². The van der Waals surface area contributed by atoms with Crippen LogP contribution in [0.1, 0.15) is 26.2 Å². The first-order valence-electron chi connectivity index (χ1n) is 5.98. The number of aliphatic hydroxyl groups excluding tert-OH is 1. The van der Waals surface area contributed by atoms with Crippen molar-refractivity contribution in [3.05, 3.63) is 0 Å². The van der Waals surface area contributed by atoms with Crippen LogP contribution in [0, 0.1) is 0 Å². The monoisotopic (exact) mass is 230 g/mol. The van der Waals surface area contributed by atoms with Crippen molar-refractivity contribution in [3.8, 4) is 0 Å². The molecule has 1 aliphatic rings. The van der Waals surface area contributed by atoms with Gasteiger partial charge in [0.05, 0.1) is 12.7 Å². The molecular formula is C11H22N2O3. The highest BCUT2D eigenvalue weighted by molar-refractivity contribution is 5.81. The number of nitrogens with two attached hydrogens (primary N) is 1. The molecule has 1 amide bonds. The summed E-state index contributed by atoms with van der Waals surface area (Å²) in [5.74, 6) is -0.00755. The van der Waals surface area contributed by atoms with Gasteiger partial charge in [0.15, 0.2) is 0 Å². The second-order valence-electron chi connectivity index (χ2n) is 4.11. The number of aliphatic hydroxyl groups is 1. The molecule has 0 aromatic carbocycles. The summed E-state index contributed by atoms with van der Waals surface area (Å²) in [7, 11) is 0. The fourth-order valence-electron chi connectivity index (χ4n) is 1.99. The van der Waals surface area contributed by atoms with Gasteiger partial charge in [0, 0.05) is 19.6 Å². The first kappa shape index (κ1) is 13.4. The smallest absolute Gasteiger partial charge is 0.251 e. The normalized spacial score (nSPS) is 24.7. The number of amides is 1. The summed E-state index contributed by atoms with van der Waals surface area (Å²) in [4.78, 5) is 13.7. The van der Waals surface area contributed by atoms with Crippen molar-refractivity contribution in [1.29, 1.82) is 0 Å². The van der Waals surface area contributed by atoms with Crippen molar-refractivity contribution < 1.29 is 14.6 Å². The highest BCUT2D eigenvalue weighted by atomic mass is 16.5. The summed E-state index contributed by atoms with van der Waals surface area (Å²) in [5, 5.41) is 8.90. The Morgan fingerprint density at radius 2 is 2.25 bits per heavy atom. The predicted molar refractivity (Wildman–Crippen MR) is 60.9 cm³/mol. The average Bonchev–Trinajstić information content (AvgIpc) is 2.76. The molecule has 1 fully saturated rings. The first-order valence-corrected chi connectivity index (χ1v) is 5.98. The van der Waals surface area contributed by atoms with Gasteiger partial charge in [-0.3, -0.25) is 4.79 Å². The maximum absolute atomic E-state index is 12.0. The zero-order chi connectivity index (χ0) is 12.0. The van der Waals surface area contributed by atoms with Crippen LogP contribution < -0.4 is 5.73 Å². The number of nitrogens with zero attached hydrogens (tertiary/aromatic N) is 1. The molecule has 16 heavy (non-hydrogen) atoms. The molecular weight excluding hydrogens is 208 g/mol. The summed E-state index contributed by atoms with van der Waals surface area (Å²) in [6.45, 7) is 3.54. The molecule has 0 aromatic heterocycles. The third kappa shape index (κ3) is 3.43. The molecule has 5 nitrogen and oxygen atoms in total. The fraction of sp³-hybridized carbons (Fsp3) is 0.909. The number of rotatable bonds is 6. The first-order chi connectivity index (χ1) is 7.72. The van der Waals surface area contributed by atoms with E-state index in [0.717, 1.165) is 19.3 Å². The number of carbonyl (C=O) groups is 1. The van der Waals surface area contributed by atoms with E-state index in [1.54, 1.807) is 4.90 Å². The van der Waals surface area contributed by atoms with Crippen molar-refractivity contribution in [2.24, 2.45) is 5.73 Å². The van der Waals surface area contributed by atoms with Crippen LogP contribution >= 0.6 is 0 Å². The third-order valence-corrected chi connectivity index (χ3v) is 2.82. The Morgan fingerprint density at radius 3 is 2.75 bits per heavy atom. The van der Waals surface area contributed by atoms with Gasteiger partial charge in [-0.25, -0.2) is 0 Å². The maximum Gasteiger partial charge on any atom is 0.251 e. The third-order valence-electron chi connectivity index (χ3n) is 2.82. The van der Waals surface area contributed by atoms with Crippen molar-refractivity contribution in [1.82, 2.24) is 4.90 Å². The van der Waals surface area contributed by atoms with Gasteiger partial charge in [0.25, 0.3) is 5.91 Å². The Bertz CT molecular complexity index is 217. The Hall–Kier alpha value is -0.650. The Morgan fingerprint density at radius 1 is 1.50 bits per heavy atom. The van der Waals surface area contributed by atoms with Gasteiger partial charge in [-0.2, -0.15) is 0 Å². The van der Waals surface area contributed by atoms with E-state index in [4.69, 9.17) is 15.6 Å². The van der Waals surface area contributed by atoms with Crippen LogP contribution in [-0.2, 0) is 9.53 Å². The minimum absolute atomic E-state index is 0.00121. The molecule has 0 aliphatic carbocycles. The van der Waals surface area contributed by atoms with E-state index in [-0.39, 0.29) is 24.7 Å². The number of carbonyl (C=O) groups excluding carboxylic acids is 1. The molecule has 0 radical (unpaired) electrons. The SMILES string of the molecule is CCCN(CCO)C(=O)C1CCC(CN)O1. The molecule has 1 aliphatic heterocycles. The zero-order valence-corrected chi connectivity index (χ0v) is 9.89. The Kier molecular flexibility index (Phi) is 5.73. The summed E-state index contributed by atoms with van der Waals surface area (Å²) >= 11 is 0. The molecule has 0 bridgehead atoms. The molecule has 2 unspecified atom stereocenters. The summed E-state index contributed by atoms with van der Waals surface area (Å²) < 4.78 is 5.55. The lowest BCUT2D eigenvalue weighted by molar-refractivity contribution is -0.143. The second kappa shape index (κ2) is 6.83. The Labute approximate surface area is 96.6 Å². The van der Waals surface area contributed by atoms with E-state index in [9.17, 15) is 4.79 Å². The molecule has 94 valence electrons. The molecule has 2 atom stereocenters. The van der Waals surface area contributed by atoms with Crippen LogP contribution in [0.15, 0.2) is 0 Å². The second-order valence-corrected chi connectivity index (χ2v) is 4.11. The van der Waals surface area contributed by atoms with Gasteiger partial charge in [0.1, 0.15) is 6.10 Å². The largest absolute Gasteiger partial charge is 0.395 e. The van der Waals surface area contributed by atoms with Crippen LogP contribution in [0.2, 0.25) is 0 Å². The minimum Gasteiger partial charge on any atom is -0.395 e. The highest BCUT2D eigenvalue weighted by Crippen LogP contribution is 2.20. The van der Waals surface area contributed by atoms with Gasteiger partial charge < -0.3 is 20.5 Å². The van der Waals surface area contributed by atoms with E-state index in [1.165, 1.54) is 0 Å². The van der Waals surface area contributed by atoms with Crippen LogP contribution in [0.3, 0.4) is 0 Å². The molecule has 3 N–H and O–H groups in total. The van der Waals surface area contributed by atoms with Crippen molar-refractivity contribution in [3.63, 3.8) is 0 Å². The summed E-state index contributed by atoms with van der Waals surface area (Å²) in [5.41, 5.74) is 5.50. The summed E-state index contributed by atoms with van der Waals surface area (Å²) in [6.07, 6.45) is 2.15. The molecule has 1 rings (SSSR count). The van der Waals surface area contributed by atoms with Crippen molar-refractivity contribution in [2.45, 2.75) is 38.4 Å². The number of hydrogen-bond donors (Lipinski definition) is 2. The van der Waals surface area contributed by atoms with Crippen molar-refractivity contribution in [2.75, 3.05) is 26.2 Å². The van der Waals surface area contributed by atoms with Gasteiger partial charge >= 0.3 is 0 Å². The fourth-order valence-corrected chi connectivity index (χ4v) is 1.99. The quantitative estimate of drug-likeness (QED) is 0.658. The van der Waals surface area contributed by atoms with Crippen LogP contribution in [0.5, 0.6) is 0 Å². The molecule has 0 aromatic rings. The van der Waals surface area contributed by atoms with E-state index in [0.29, 0.717) is 19.6 Å². The lowest BCUT2D eigenvalue weighted by Gasteiger charge is -2.24. The molecule has 5 heteroatoms. The average molecular weight is 230 g/mol. The lowest BCUT2D eigenvalue weighted by atomic mass is 10.1. The lowest BCUT2D eigenvalue weighted by Crippen LogP contribution is -2.41. The van der Waals surface area contributed by atoms with E-state index >= 15 is 0 Å². The Balaban J connectivity index is 2.47. The topological polar surface area (TPSA) is 75.8 Å². The van der Waals surface area contributed by atoms with Gasteiger partial charge in [0.2, 0.25) is 0 Å². The van der Waals surface area contributed by atoms with Crippen LogP contribution in [0.25, 0.3) is 0 Å². The van der Waals surface area contributed by atoms with Crippen LogP contribution in [-0.4, -0.2) is 54.4 Å². The molecule has 1 saturated heterocycles. The van der Waals surface area contributed by atoms with Crippen LogP contribution in [0.4, 0.5) is 0 Å². The molecule has 0 saturated carbocycles. The van der Waals surface area contributed by atoms with E-state index < -0.39 is 0 Å². The predicted octanol–water partition coefficient (Wildman–Crippen LogP) is -0.276. The molecule has 0 spiro atoms. The zero-order valence-electron chi connectivity index (χ0n) is 9.89. The van der Waals surface area contributed by atoms with Gasteiger partial charge in [-0.15, -0.1) is 0 Å². The highest BCUT2D eigenvalue weighted by Gasteiger charge is 2.32. The van der Waals surface area contributed by atoms with Gasteiger partial charge in [-0.1, -0.05) is 6.92 Å². The van der Waals surface area contributed by atoms with E-state index in [2.05, 4.69) is 0 Å². The molecule has 1 heterocycles. The minimum atomic E-state index is -0.355. The standard InChI is InChI=1S/C11H22N2O3/c1-2-5-13(6-7-14)11(15)10-4-3-9(8-12)16-10/h9-10,14H,2-8,12H2,1H3. The summed E-state index contributed by atoms with van der Waals surface area (Å²) in [6, 6.07) is 0.